The molecule has 0 bridgehead atoms. The van der Waals surface area contributed by atoms with Gasteiger partial charge in [0, 0.05) is 6.20 Å². The molecule has 3 aromatic rings. The summed E-state index contributed by atoms with van der Waals surface area (Å²) in [7, 11) is 0. The summed E-state index contributed by atoms with van der Waals surface area (Å²) in [6, 6.07) is 5.57. The molecule has 0 aromatic carbocycles. The zero-order valence-electron chi connectivity index (χ0n) is 9.92. The van der Waals surface area contributed by atoms with E-state index in [0.717, 1.165) is 16.6 Å². The zero-order valence-corrected chi connectivity index (χ0v) is 10.7. The molecule has 0 aliphatic carbocycles. The fourth-order valence-electron chi connectivity index (χ4n) is 1.90. The van der Waals surface area contributed by atoms with Crippen LogP contribution in [0, 0.1) is 0 Å². The molecule has 0 saturated carbocycles. The van der Waals surface area contributed by atoms with Crippen molar-refractivity contribution in [3.8, 4) is 5.88 Å². The Hall–Kier alpha value is -1.88. The van der Waals surface area contributed by atoms with Crippen molar-refractivity contribution in [3.63, 3.8) is 0 Å². The van der Waals surface area contributed by atoms with Crippen molar-refractivity contribution in [2.75, 3.05) is 6.61 Å². The van der Waals surface area contributed by atoms with Crippen molar-refractivity contribution < 1.29 is 4.74 Å². The summed E-state index contributed by atoms with van der Waals surface area (Å²) in [6.07, 6.45) is 2.76. The molecule has 4 nitrogen and oxygen atoms in total. The van der Waals surface area contributed by atoms with Gasteiger partial charge in [0.2, 0.25) is 5.88 Å². The molecule has 0 aliphatic heterocycles. The second-order valence-electron chi connectivity index (χ2n) is 3.97. The van der Waals surface area contributed by atoms with Gasteiger partial charge < -0.3 is 9.14 Å². The molecule has 5 heteroatoms. The maximum Gasteiger partial charge on any atom is 0.297 e. The van der Waals surface area contributed by atoms with Crippen LogP contribution in [0.25, 0.3) is 15.7 Å². The third-order valence-electron chi connectivity index (χ3n) is 2.71. The van der Waals surface area contributed by atoms with Gasteiger partial charge in [-0.1, -0.05) is 6.92 Å². The lowest BCUT2D eigenvalue weighted by molar-refractivity contribution is 0.309. The summed E-state index contributed by atoms with van der Waals surface area (Å²) in [6.45, 7) is 2.59. The van der Waals surface area contributed by atoms with Crippen molar-refractivity contribution in [3.05, 3.63) is 40.1 Å². The lowest BCUT2D eigenvalue weighted by atomic mass is 10.4. The number of aromatic nitrogens is 2. The van der Waals surface area contributed by atoms with Crippen LogP contribution in [0.3, 0.4) is 0 Å². The minimum absolute atomic E-state index is 0.255. The monoisotopic (exact) mass is 260 g/mol. The molecule has 3 heterocycles. The van der Waals surface area contributed by atoms with E-state index in [0.29, 0.717) is 18.0 Å². The van der Waals surface area contributed by atoms with Crippen molar-refractivity contribution in [1.82, 2.24) is 9.38 Å². The first-order valence-electron chi connectivity index (χ1n) is 5.82. The summed E-state index contributed by atoms with van der Waals surface area (Å²) >= 11 is 1.58. The van der Waals surface area contributed by atoms with Gasteiger partial charge >= 0.3 is 0 Å². The fraction of sp³-hybridized carbons (Fsp3) is 0.231. The molecule has 92 valence electrons. The molecule has 3 rings (SSSR count). The summed E-state index contributed by atoms with van der Waals surface area (Å²) in [4.78, 5) is 17.1. The van der Waals surface area contributed by atoms with Crippen LogP contribution in [-0.4, -0.2) is 16.0 Å². The van der Waals surface area contributed by atoms with E-state index >= 15 is 0 Å². The maximum atomic E-state index is 12.0. The van der Waals surface area contributed by atoms with Crippen LogP contribution in [0.1, 0.15) is 13.3 Å². The van der Waals surface area contributed by atoms with E-state index in [9.17, 15) is 4.79 Å². The van der Waals surface area contributed by atoms with Crippen molar-refractivity contribution >= 4 is 27.1 Å². The Balaban J connectivity index is 2.40. The number of hydrogen-bond acceptors (Lipinski definition) is 4. The van der Waals surface area contributed by atoms with Crippen molar-refractivity contribution in [2.45, 2.75) is 13.3 Å². The smallest absolute Gasteiger partial charge is 0.297 e. The van der Waals surface area contributed by atoms with Crippen LogP contribution in [-0.2, 0) is 0 Å². The predicted molar refractivity (Wildman–Crippen MR) is 72.6 cm³/mol. The first kappa shape index (κ1) is 11.2. The minimum Gasteiger partial charge on any atom is -0.477 e. The number of hydrogen-bond donors (Lipinski definition) is 0. The average Bonchev–Trinajstić information content (AvgIpc) is 2.99. The van der Waals surface area contributed by atoms with Gasteiger partial charge in [-0.05, 0) is 30.0 Å². The molecular weight excluding hydrogens is 248 g/mol. The normalized spacial score (nSPS) is 11.2. The number of nitrogens with zero attached hydrogens (tertiary/aromatic N) is 2. The van der Waals surface area contributed by atoms with E-state index in [1.165, 1.54) is 0 Å². The second-order valence-corrected chi connectivity index (χ2v) is 4.87. The van der Waals surface area contributed by atoms with E-state index < -0.39 is 0 Å². The van der Waals surface area contributed by atoms with Gasteiger partial charge in [-0.15, -0.1) is 11.3 Å². The lowest BCUT2D eigenvalue weighted by Crippen LogP contribution is -2.06. The first-order valence-corrected chi connectivity index (χ1v) is 6.70. The topological polar surface area (TPSA) is 43.6 Å². The van der Waals surface area contributed by atoms with Gasteiger partial charge in [0.05, 0.1) is 12.0 Å². The SMILES string of the molecule is CCCOc1nc(=O)c2cccn2c2sccc12. The number of fused-ring (bicyclic) bond motifs is 3. The van der Waals surface area contributed by atoms with Crippen molar-refractivity contribution in [2.24, 2.45) is 0 Å². The second kappa shape index (κ2) is 4.42. The Bertz CT molecular complexity index is 760. The van der Waals surface area contributed by atoms with E-state index in [4.69, 9.17) is 4.74 Å². The van der Waals surface area contributed by atoms with Gasteiger partial charge in [0.25, 0.3) is 5.56 Å². The van der Waals surface area contributed by atoms with Gasteiger partial charge in [-0.2, -0.15) is 4.98 Å². The van der Waals surface area contributed by atoms with Crippen LogP contribution in [0.5, 0.6) is 5.88 Å². The van der Waals surface area contributed by atoms with Crippen LogP contribution >= 0.6 is 11.3 Å². The third kappa shape index (κ3) is 1.67. The Morgan fingerprint density at radius 1 is 1.44 bits per heavy atom. The molecule has 0 fully saturated rings. The molecule has 0 aliphatic rings. The number of thiophene rings is 1. The summed E-state index contributed by atoms with van der Waals surface area (Å²) in [5.74, 6) is 0.432. The largest absolute Gasteiger partial charge is 0.477 e. The zero-order chi connectivity index (χ0) is 12.5. The Morgan fingerprint density at radius 2 is 2.33 bits per heavy atom. The molecule has 0 unspecified atom stereocenters. The van der Waals surface area contributed by atoms with Crippen LogP contribution in [0.15, 0.2) is 34.6 Å². The van der Waals surface area contributed by atoms with Gasteiger partial charge in [0.1, 0.15) is 10.3 Å². The Kier molecular flexibility index (Phi) is 2.76. The first-order chi connectivity index (χ1) is 8.81. The molecule has 0 radical (unpaired) electrons. The molecule has 0 atom stereocenters. The van der Waals surface area contributed by atoms with E-state index in [-0.39, 0.29) is 5.56 Å². The van der Waals surface area contributed by atoms with Crippen LogP contribution in [0.4, 0.5) is 0 Å². The number of ether oxygens (including phenoxy) is 1. The van der Waals surface area contributed by atoms with Crippen LogP contribution < -0.4 is 10.3 Å². The van der Waals surface area contributed by atoms with Gasteiger partial charge in [-0.25, -0.2) is 0 Å². The summed E-state index contributed by atoms with van der Waals surface area (Å²) < 4.78 is 7.46. The maximum absolute atomic E-state index is 12.0. The quantitative estimate of drug-likeness (QED) is 0.727. The number of rotatable bonds is 3. The molecule has 0 saturated heterocycles. The molecule has 3 aromatic heterocycles. The van der Waals surface area contributed by atoms with E-state index in [1.807, 2.05) is 35.0 Å². The average molecular weight is 260 g/mol. The van der Waals surface area contributed by atoms with E-state index in [1.54, 1.807) is 17.4 Å². The molecule has 0 spiro atoms. The summed E-state index contributed by atoms with van der Waals surface area (Å²) in [5, 5.41) is 2.87. The molecule has 0 amide bonds. The Labute approximate surface area is 107 Å². The predicted octanol–water partition coefficient (Wildman–Crippen LogP) is 2.70. The van der Waals surface area contributed by atoms with Crippen molar-refractivity contribution in [1.29, 1.82) is 0 Å². The third-order valence-corrected chi connectivity index (χ3v) is 3.62. The highest BCUT2D eigenvalue weighted by Gasteiger charge is 2.10. The molecule has 18 heavy (non-hydrogen) atoms. The highest BCUT2D eigenvalue weighted by Crippen LogP contribution is 2.26. The minimum atomic E-state index is -0.255. The fourth-order valence-corrected chi connectivity index (χ4v) is 2.79. The lowest BCUT2D eigenvalue weighted by Gasteiger charge is -2.00. The molecule has 0 N–H and O–H groups in total. The van der Waals surface area contributed by atoms with Crippen LogP contribution in [0.2, 0.25) is 0 Å². The summed E-state index contributed by atoms with van der Waals surface area (Å²) in [5.41, 5.74) is 0.323. The standard InChI is InChI=1S/C13H12N2O2S/c1-2-7-17-12-9-5-8-18-13(9)15-6-3-4-10(15)11(16)14-12/h3-6,8H,2,7H2,1H3. The van der Waals surface area contributed by atoms with E-state index in [2.05, 4.69) is 4.98 Å². The highest BCUT2D eigenvalue weighted by molar-refractivity contribution is 7.16. The van der Waals surface area contributed by atoms with Gasteiger partial charge in [-0.3, -0.25) is 4.79 Å². The molecular formula is C13H12N2O2S. The van der Waals surface area contributed by atoms with Gasteiger partial charge in [0.15, 0.2) is 0 Å². The Morgan fingerprint density at radius 3 is 3.17 bits per heavy atom. The highest BCUT2D eigenvalue weighted by atomic mass is 32.1.